The Kier molecular flexibility index (Phi) is 7.96. The van der Waals surface area contributed by atoms with Gasteiger partial charge in [-0.2, -0.15) is 0 Å². The third-order valence-corrected chi connectivity index (χ3v) is 4.75. The number of hydrogen-bond acceptors (Lipinski definition) is 7. The van der Waals surface area contributed by atoms with Gasteiger partial charge in [-0.1, -0.05) is 29.8 Å². The Morgan fingerprint density at radius 1 is 0.784 bits per heavy atom. The number of aromatic nitrogens is 2. The van der Waals surface area contributed by atoms with E-state index in [9.17, 15) is 14.4 Å². The van der Waals surface area contributed by atoms with E-state index < -0.39 is 23.4 Å². The Bertz CT molecular complexity index is 1250. The lowest BCUT2D eigenvalue weighted by Crippen LogP contribution is -2.44. The molecule has 0 spiro atoms. The number of carbonyl (C=O) groups excluding carboxylic acids is 3. The number of rotatable bonds is 4. The van der Waals surface area contributed by atoms with Gasteiger partial charge in [-0.05, 0) is 78.8 Å². The summed E-state index contributed by atoms with van der Waals surface area (Å²) in [6.45, 7) is 12.1. The van der Waals surface area contributed by atoms with Crippen LogP contribution >= 0.6 is 0 Å². The molecular weight excluding hydrogens is 472 g/mol. The van der Waals surface area contributed by atoms with Gasteiger partial charge in [0.15, 0.2) is 0 Å². The molecule has 0 bridgehead atoms. The van der Waals surface area contributed by atoms with Crippen LogP contribution in [0.3, 0.4) is 0 Å². The molecule has 0 saturated heterocycles. The molecule has 1 N–H and O–H groups in total. The summed E-state index contributed by atoms with van der Waals surface area (Å²) >= 11 is 0. The SMILES string of the molecule is Cc1ccc(C(=O)Nc2ccc(-c3ccnc(N(C(=O)OC(C)(C)C)C(=O)OC(C)(C)C)n3)cc2)cc1. The minimum atomic E-state index is -0.951. The van der Waals surface area contributed by atoms with E-state index in [2.05, 4.69) is 15.3 Å². The van der Waals surface area contributed by atoms with E-state index in [1.807, 2.05) is 19.1 Å². The molecule has 3 aromatic rings. The Labute approximate surface area is 216 Å². The van der Waals surface area contributed by atoms with Crippen molar-refractivity contribution in [2.45, 2.75) is 59.7 Å². The molecule has 3 rings (SSSR count). The Hall–Kier alpha value is -4.27. The predicted molar refractivity (Wildman–Crippen MR) is 142 cm³/mol. The largest absolute Gasteiger partial charge is 0.443 e. The van der Waals surface area contributed by atoms with Crippen LogP contribution in [-0.4, -0.2) is 39.3 Å². The van der Waals surface area contributed by atoms with Crippen molar-refractivity contribution < 1.29 is 23.9 Å². The summed E-state index contributed by atoms with van der Waals surface area (Å²) in [6, 6.07) is 15.9. The van der Waals surface area contributed by atoms with Gasteiger partial charge in [0.05, 0.1) is 5.69 Å². The average molecular weight is 505 g/mol. The third-order valence-electron chi connectivity index (χ3n) is 4.75. The number of carbonyl (C=O) groups is 3. The molecule has 9 heteroatoms. The standard InChI is InChI=1S/C28H32N4O5/c1-18-8-10-20(11-9-18)23(33)30-21-14-12-19(13-15-21)22-16-17-29-24(31-22)32(25(34)36-27(2,3)4)26(35)37-28(5,6)7/h8-17H,1-7H3,(H,30,33). The molecule has 0 saturated carbocycles. The number of amides is 3. The predicted octanol–water partition coefficient (Wildman–Crippen LogP) is 6.38. The molecule has 0 atom stereocenters. The van der Waals surface area contributed by atoms with Crippen molar-refractivity contribution in [3.05, 3.63) is 71.9 Å². The van der Waals surface area contributed by atoms with E-state index in [0.717, 1.165) is 5.56 Å². The van der Waals surface area contributed by atoms with Crippen molar-refractivity contribution in [2.24, 2.45) is 0 Å². The van der Waals surface area contributed by atoms with Gasteiger partial charge < -0.3 is 14.8 Å². The van der Waals surface area contributed by atoms with Gasteiger partial charge in [0.2, 0.25) is 5.95 Å². The fourth-order valence-corrected chi connectivity index (χ4v) is 3.10. The van der Waals surface area contributed by atoms with Crippen LogP contribution in [0.2, 0.25) is 0 Å². The fraction of sp³-hybridized carbons (Fsp3) is 0.321. The first kappa shape index (κ1) is 27.3. The number of imide groups is 1. The lowest BCUT2D eigenvalue weighted by molar-refractivity contribution is 0.0427. The van der Waals surface area contributed by atoms with Crippen molar-refractivity contribution in [1.29, 1.82) is 0 Å². The van der Waals surface area contributed by atoms with E-state index in [1.54, 1.807) is 84.0 Å². The van der Waals surface area contributed by atoms with Gasteiger partial charge in [-0.15, -0.1) is 4.90 Å². The number of hydrogen-bond donors (Lipinski definition) is 1. The van der Waals surface area contributed by atoms with Crippen molar-refractivity contribution in [2.75, 3.05) is 10.2 Å². The minimum absolute atomic E-state index is 0.183. The summed E-state index contributed by atoms with van der Waals surface area (Å²) in [5.41, 5.74) is 1.67. The maximum Gasteiger partial charge on any atom is 0.427 e. The molecule has 9 nitrogen and oxygen atoms in total. The van der Waals surface area contributed by atoms with Gasteiger partial charge in [0, 0.05) is 23.0 Å². The lowest BCUT2D eigenvalue weighted by atomic mass is 10.1. The maximum atomic E-state index is 12.9. The summed E-state index contributed by atoms with van der Waals surface area (Å²) in [5.74, 6) is -0.403. The Morgan fingerprint density at radius 2 is 1.32 bits per heavy atom. The number of anilines is 2. The van der Waals surface area contributed by atoms with Gasteiger partial charge in [0.25, 0.3) is 5.91 Å². The molecule has 0 aliphatic carbocycles. The molecular formula is C28H32N4O5. The molecule has 194 valence electrons. The minimum Gasteiger partial charge on any atom is -0.443 e. The van der Waals surface area contributed by atoms with Crippen LogP contribution in [0.25, 0.3) is 11.3 Å². The second-order valence-corrected chi connectivity index (χ2v) is 10.4. The quantitative estimate of drug-likeness (QED) is 0.439. The topological polar surface area (TPSA) is 111 Å². The molecule has 0 aliphatic rings. The van der Waals surface area contributed by atoms with E-state index in [-0.39, 0.29) is 11.9 Å². The van der Waals surface area contributed by atoms with Gasteiger partial charge in [-0.25, -0.2) is 19.6 Å². The smallest absolute Gasteiger partial charge is 0.427 e. The fourth-order valence-electron chi connectivity index (χ4n) is 3.10. The number of ether oxygens (including phenoxy) is 2. The van der Waals surface area contributed by atoms with E-state index in [0.29, 0.717) is 27.4 Å². The molecule has 2 aromatic carbocycles. The molecule has 0 fully saturated rings. The highest BCUT2D eigenvalue weighted by atomic mass is 16.6. The zero-order valence-corrected chi connectivity index (χ0v) is 22.2. The molecule has 3 amide bonds. The first-order valence-electron chi connectivity index (χ1n) is 11.8. The van der Waals surface area contributed by atoms with Crippen molar-refractivity contribution in [3.8, 4) is 11.3 Å². The maximum absolute atomic E-state index is 12.9. The number of nitrogens with zero attached hydrogens (tertiary/aromatic N) is 3. The first-order chi connectivity index (χ1) is 17.2. The summed E-state index contributed by atoms with van der Waals surface area (Å²) in [4.78, 5) is 47.5. The molecule has 0 radical (unpaired) electrons. The highest BCUT2D eigenvalue weighted by molar-refractivity contribution is 6.08. The number of nitrogens with one attached hydrogen (secondary N) is 1. The van der Waals surface area contributed by atoms with Gasteiger partial charge in [-0.3, -0.25) is 4.79 Å². The monoisotopic (exact) mass is 504 g/mol. The van der Waals surface area contributed by atoms with E-state index >= 15 is 0 Å². The van der Waals surface area contributed by atoms with E-state index in [4.69, 9.17) is 9.47 Å². The van der Waals surface area contributed by atoms with Crippen LogP contribution in [0.5, 0.6) is 0 Å². The van der Waals surface area contributed by atoms with Crippen molar-refractivity contribution in [3.63, 3.8) is 0 Å². The van der Waals surface area contributed by atoms with Crippen LogP contribution in [0.15, 0.2) is 60.8 Å². The van der Waals surface area contributed by atoms with Crippen molar-refractivity contribution in [1.82, 2.24) is 9.97 Å². The second kappa shape index (κ2) is 10.8. The van der Waals surface area contributed by atoms with Crippen LogP contribution < -0.4 is 10.2 Å². The number of aryl methyl sites for hydroxylation is 1. The lowest BCUT2D eigenvalue weighted by Gasteiger charge is -2.27. The zero-order chi connectivity index (χ0) is 27.4. The van der Waals surface area contributed by atoms with Crippen LogP contribution in [0.4, 0.5) is 21.2 Å². The molecule has 37 heavy (non-hydrogen) atoms. The molecule has 0 aliphatic heterocycles. The van der Waals surface area contributed by atoms with Crippen LogP contribution in [0, 0.1) is 6.92 Å². The molecule has 1 aromatic heterocycles. The Balaban J connectivity index is 1.85. The summed E-state index contributed by atoms with van der Waals surface area (Å²) in [5, 5.41) is 2.86. The van der Waals surface area contributed by atoms with Crippen molar-refractivity contribution >= 4 is 29.7 Å². The van der Waals surface area contributed by atoms with Crippen LogP contribution in [0.1, 0.15) is 57.5 Å². The highest BCUT2D eigenvalue weighted by Gasteiger charge is 2.34. The zero-order valence-electron chi connectivity index (χ0n) is 22.2. The first-order valence-corrected chi connectivity index (χ1v) is 11.8. The molecule has 0 unspecified atom stereocenters. The summed E-state index contributed by atoms with van der Waals surface area (Å²) in [6.07, 6.45) is -0.465. The third kappa shape index (κ3) is 7.86. The van der Waals surface area contributed by atoms with E-state index in [1.165, 1.54) is 6.20 Å². The molecule has 1 heterocycles. The second-order valence-electron chi connectivity index (χ2n) is 10.4. The number of benzene rings is 2. The summed E-state index contributed by atoms with van der Waals surface area (Å²) < 4.78 is 10.8. The Morgan fingerprint density at radius 3 is 1.84 bits per heavy atom. The van der Waals surface area contributed by atoms with Gasteiger partial charge >= 0.3 is 12.2 Å². The van der Waals surface area contributed by atoms with Crippen LogP contribution in [-0.2, 0) is 9.47 Å². The average Bonchev–Trinajstić information content (AvgIpc) is 2.78. The normalized spacial score (nSPS) is 11.4. The van der Waals surface area contributed by atoms with Gasteiger partial charge in [0.1, 0.15) is 11.2 Å². The summed E-state index contributed by atoms with van der Waals surface area (Å²) in [7, 11) is 0. The highest BCUT2D eigenvalue weighted by Crippen LogP contribution is 2.24.